The first-order valence-electron chi connectivity index (χ1n) is 11.1. The number of halogens is 3. The molecule has 0 spiro atoms. The summed E-state index contributed by atoms with van der Waals surface area (Å²) >= 11 is 0. The van der Waals surface area contributed by atoms with Crippen molar-refractivity contribution in [3.05, 3.63) is 54.2 Å². The third-order valence-corrected chi connectivity index (χ3v) is 5.69. The van der Waals surface area contributed by atoms with Crippen LogP contribution in [0.3, 0.4) is 0 Å². The van der Waals surface area contributed by atoms with Crippen LogP contribution in [0.15, 0.2) is 47.6 Å². The largest absolute Gasteiger partial charge is 0.384 e. The molecular formula is C24H29F3N6O. The summed E-state index contributed by atoms with van der Waals surface area (Å²) in [5.74, 6) is -1.91. The fourth-order valence-corrected chi connectivity index (χ4v) is 3.48. The fraction of sp³-hybridized carbons (Fsp3) is 0.375. The molecule has 0 aliphatic carbocycles. The molecule has 7 nitrogen and oxygen atoms in total. The number of allylic oxidation sites excluding steroid dienone is 1. The Morgan fingerprint density at radius 3 is 2.68 bits per heavy atom. The predicted octanol–water partition coefficient (Wildman–Crippen LogP) is 4.93. The van der Waals surface area contributed by atoms with Gasteiger partial charge >= 0.3 is 6.03 Å². The summed E-state index contributed by atoms with van der Waals surface area (Å²) in [4.78, 5) is 22.5. The topological polar surface area (TPSA) is 95.6 Å². The molecular weight excluding hydrogens is 445 g/mol. The second kappa shape index (κ2) is 10.6. The molecule has 2 heterocycles. The molecule has 34 heavy (non-hydrogen) atoms. The average Bonchev–Trinajstić information content (AvgIpc) is 2.74. The molecule has 0 bridgehead atoms. The van der Waals surface area contributed by atoms with E-state index >= 15 is 4.39 Å². The zero-order valence-electron chi connectivity index (χ0n) is 19.4. The van der Waals surface area contributed by atoms with E-state index < -0.39 is 29.3 Å². The summed E-state index contributed by atoms with van der Waals surface area (Å²) < 4.78 is 42.7. The van der Waals surface area contributed by atoms with Crippen molar-refractivity contribution in [3.8, 4) is 11.3 Å². The van der Waals surface area contributed by atoms with E-state index in [9.17, 15) is 13.6 Å². The highest BCUT2D eigenvalue weighted by Crippen LogP contribution is 2.32. The zero-order valence-corrected chi connectivity index (χ0v) is 19.4. The number of aromatic nitrogens is 1. The zero-order chi connectivity index (χ0) is 24.9. The van der Waals surface area contributed by atoms with Crippen LogP contribution in [0.2, 0.25) is 0 Å². The van der Waals surface area contributed by atoms with Gasteiger partial charge < -0.3 is 16.0 Å². The van der Waals surface area contributed by atoms with Crippen LogP contribution in [0.25, 0.3) is 11.3 Å². The van der Waals surface area contributed by atoms with E-state index in [0.29, 0.717) is 12.2 Å². The molecule has 4 N–H and O–H groups in total. The maximum Gasteiger partial charge on any atom is 0.323 e. The van der Waals surface area contributed by atoms with Crippen LogP contribution in [-0.4, -0.2) is 47.1 Å². The Bertz CT molecular complexity index is 1100. The Balaban J connectivity index is 1.73. The van der Waals surface area contributed by atoms with Crippen molar-refractivity contribution in [2.75, 3.05) is 30.3 Å². The van der Waals surface area contributed by atoms with Gasteiger partial charge in [0, 0.05) is 43.4 Å². The molecule has 182 valence electrons. The molecule has 1 aromatic carbocycles. The number of amidine groups is 1. The van der Waals surface area contributed by atoms with E-state index in [1.54, 1.807) is 18.2 Å². The number of nitrogens with one attached hydrogen (secondary N) is 2. The van der Waals surface area contributed by atoms with Crippen LogP contribution in [0, 0.1) is 17.6 Å². The second-order valence-corrected chi connectivity index (χ2v) is 8.16. The summed E-state index contributed by atoms with van der Waals surface area (Å²) in [7, 11) is 0. The molecule has 1 fully saturated rings. The molecule has 0 radical (unpaired) electrons. The van der Waals surface area contributed by atoms with Crippen LogP contribution in [0.1, 0.15) is 27.2 Å². The van der Waals surface area contributed by atoms with E-state index in [0.717, 1.165) is 18.6 Å². The summed E-state index contributed by atoms with van der Waals surface area (Å²) in [5, 5.41) is 5.79. The van der Waals surface area contributed by atoms with Crippen molar-refractivity contribution < 1.29 is 18.0 Å². The van der Waals surface area contributed by atoms with Gasteiger partial charge in [-0.25, -0.2) is 27.9 Å². The molecule has 2 aromatic rings. The lowest BCUT2D eigenvalue weighted by Gasteiger charge is -2.44. The van der Waals surface area contributed by atoms with Crippen LogP contribution >= 0.6 is 0 Å². The Hall–Kier alpha value is -3.56. The first-order chi connectivity index (χ1) is 16.2. The van der Waals surface area contributed by atoms with Crippen molar-refractivity contribution in [3.63, 3.8) is 0 Å². The summed E-state index contributed by atoms with van der Waals surface area (Å²) in [6.07, 6.45) is 4.00. The van der Waals surface area contributed by atoms with Crippen molar-refractivity contribution >= 4 is 23.4 Å². The number of pyridine rings is 1. The average molecular weight is 475 g/mol. The Morgan fingerprint density at radius 1 is 1.29 bits per heavy atom. The highest BCUT2D eigenvalue weighted by Gasteiger charge is 2.47. The number of anilines is 2. The van der Waals surface area contributed by atoms with Gasteiger partial charge in [0.25, 0.3) is 0 Å². The number of benzene rings is 1. The van der Waals surface area contributed by atoms with Crippen molar-refractivity contribution in [1.82, 2.24) is 9.88 Å². The summed E-state index contributed by atoms with van der Waals surface area (Å²) in [6, 6.07) is 5.95. The normalized spacial score (nSPS) is 16.3. The van der Waals surface area contributed by atoms with E-state index in [2.05, 4.69) is 20.6 Å². The van der Waals surface area contributed by atoms with Crippen LogP contribution in [-0.2, 0) is 0 Å². The van der Waals surface area contributed by atoms with Gasteiger partial charge in [0.05, 0.1) is 11.4 Å². The molecule has 10 heteroatoms. The number of hydrogen-bond donors (Lipinski definition) is 3. The lowest BCUT2D eigenvalue weighted by Crippen LogP contribution is -2.61. The van der Waals surface area contributed by atoms with E-state index in [4.69, 9.17) is 5.73 Å². The number of nitrogens with zero attached hydrogens (tertiary/aromatic N) is 3. The van der Waals surface area contributed by atoms with Crippen LogP contribution < -0.4 is 16.4 Å². The molecule has 3 rings (SSSR count). The number of alkyl halides is 1. The minimum Gasteiger partial charge on any atom is -0.384 e. The van der Waals surface area contributed by atoms with Gasteiger partial charge in [-0.05, 0) is 44.5 Å². The number of carbonyl (C=O) groups is 1. The van der Waals surface area contributed by atoms with Crippen LogP contribution in [0.4, 0.5) is 29.5 Å². The monoisotopic (exact) mass is 474 g/mol. The SMILES string of the molecule is CC/C=C\N=C(N)C(C)(F)C1CN(C(=O)Nc2nc(-c3ccc(F)cc3F)ccc2NCC)C1. The predicted molar refractivity (Wildman–Crippen MR) is 128 cm³/mol. The smallest absolute Gasteiger partial charge is 0.323 e. The highest BCUT2D eigenvalue weighted by atomic mass is 19.1. The number of urea groups is 1. The lowest BCUT2D eigenvalue weighted by molar-refractivity contribution is 0.0470. The molecule has 2 amide bonds. The fourth-order valence-electron chi connectivity index (χ4n) is 3.48. The number of likely N-dealkylation sites (tertiary alicyclic amines) is 1. The number of carbonyl (C=O) groups excluding carboxylic acids is 1. The molecule has 1 aliphatic rings. The lowest BCUT2D eigenvalue weighted by atomic mass is 9.83. The number of aliphatic imine (C=N–C) groups is 1. The van der Waals surface area contributed by atoms with Crippen LogP contribution in [0.5, 0.6) is 0 Å². The van der Waals surface area contributed by atoms with Gasteiger partial charge in [-0.1, -0.05) is 13.0 Å². The van der Waals surface area contributed by atoms with Crippen molar-refractivity contribution in [2.24, 2.45) is 16.6 Å². The number of hydrogen-bond acceptors (Lipinski definition) is 4. The van der Waals surface area contributed by atoms with Gasteiger partial charge in [0.2, 0.25) is 0 Å². The quantitative estimate of drug-likeness (QED) is 0.373. The van der Waals surface area contributed by atoms with E-state index in [-0.39, 0.29) is 36.0 Å². The van der Waals surface area contributed by atoms with Gasteiger partial charge in [-0.2, -0.15) is 0 Å². The second-order valence-electron chi connectivity index (χ2n) is 8.16. The Labute approximate surface area is 197 Å². The summed E-state index contributed by atoms with van der Waals surface area (Å²) in [6.45, 7) is 6.03. The first kappa shape index (κ1) is 25.1. The minimum absolute atomic E-state index is 0.101. The maximum absolute atomic E-state index is 15.2. The van der Waals surface area contributed by atoms with Gasteiger partial charge in [0.1, 0.15) is 17.5 Å². The van der Waals surface area contributed by atoms with Crippen molar-refractivity contribution in [2.45, 2.75) is 32.9 Å². The Kier molecular flexibility index (Phi) is 7.80. The third-order valence-electron chi connectivity index (χ3n) is 5.69. The third kappa shape index (κ3) is 5.49. The molecule has 1 unspecified atom stereocenters. The molecule has 1 aromatic heterocycles. The van der Waals surface area contributed by atoms with Gasteiger partial charge in [-0.15, -0.1) is 0 Å². The number of nitrogens with two attached hydrogens (primary N) is 1. The van der Waals surface area contributed by atoms with Gasteiger partial charge in [0.15, 0.2) is 11.5 Å². The standard InChI is InChI=1S/C24H29F3N6O/c1-4-6-11-30-22(28)24(3,27)15-13-33(14-15)23(34)32-21-20(29-5-2)10-9-19(31-21)17-8-7-16(25)12-18(17)26/h6-12,15,29H,4-5,13-14H2,1-3H3,(H2,28,30)(H,31,32,34)/b11-6-. The maximum atomic E-state index is 15.2. The highest BCUT2D eigenvalue weighted by molar-refractivity contribution is 5.94. The van der Waals surface area contributed by atoms with Crippen molar-refractivity contribution in [1.29, 1.82) is 0 Å². The first-order valence-corrected chi connectivity index (χ1v) is 11.1. The Morgan fingerprint density at radius 2 is 2.03 bits per heavy atom. The van der Waals surface area contributed by atoms with E-state index in [1.165, 1.54) is 24.1 Å². The molecule has 0 saturated carbocycles. The molecule has 1 aliphatic heterocycles. The minimum atomic E-state index is -1.86. The van der Waals surface area contributed by atoms with E-state index in [1.807, 2.05) is 13.8 Å². The number of rotatable bonds is 8. The molecule has 1 saturated heterocycles. The summed E-state index contributed by atoms with van der Waals surface area (Å²) in [5.41, 5.74) is 4.84. The van der Waals surface area contributed by atoms with Gasteiger partial charge in [-0.3, -0.25) is 5.32 Å². The molecule has 1 atom stereocenters. The number of amides is 2.